The van der Waals surface area contributed by atoms with Crippen LogP contribution in [0, 0.1) is 11.8 Å². The van der Waals surface area contributed by atoms with E-state index in [4.69, 9.17) is 10.5 Å². The summed E-state index contributed by atoms with van der Waals surface area (Å²) >= 11 is 0. The lowest BCUT2D eigenvalue weighted by molar-refractivity contribution is -0.163. The molecule has 3 rings (SSSR count). The number of primary amides is 1. The highest BCUT2D eigenvalue weighted by Gasteiger charge is 2.51. The van der Waals surface area contributed by atoms with Gasteiger partial charge < -0.3 is 15.8 Å². The van der Waals surface area contributed by atoms with Gasteiger partial charge in [-0.1, -0.05) is 12.8 Å². The predicted molar refractivity (Wildman–Crippen MR) is 106 cm³/mol. The number of ether oxygens (including phenoxy) is 1. The number of carbonyl (C=O) groups excluding carboxylic acids is 5. The molecule has 160 valence electrons. The third-order valence-electron chi connectivity index (χ3n) is 5.70. The first-order valence-electron chi connectivity index (χ1n) is 9.99. The Balaban J connectivity index is 1.59. The maximum atomic E-state index is 12.6. The van der Waals surface area contributed by atoms with Crippen LogP contribution in [0.15, 0.2) is 24.3 Å². The second kappa shape index (κ2) is 8.64. The average molecular weight is 415 g/mol. The van der Waals surface area contributed by atoms with E-state index in [1.807, 2.05) is 0 Å². The molecule has 1 saturated carbocycles. The number of hydrogen-bond acceptors (Lipinski definition) is 6. The molecule has 9 heteroatoms. The second-order valence-corrected chi connectivity index (χ2v) is 7.73. The topological polar surface area (TPSA) is 136 Å². The van der Waals surface area contributed by atoms with Gasteiger partial charge in [0.05, 0.1) is 11.8 Å². The molecule has 0 radical (unpaired) electrons. The summed E-state index contributed by atoms with van der Waals surface area (Å²) in [5.41, 5.74) is 5.86. The van der Waals surface area contributed by atoms with Gasteiger partial charge in [-0.2, -0.15) is 0 Å². The SMILES string of the molecule is C[C@H](OC(=O)[C@H](C)N1C(=O)[C@H]2CCCC[C@H]2C1=O)C(=O)Nc1ccc(C(N)=O)cc1. The number of carbonyl (C=O) groups is 5. The quantitative estimate of drug-likeness (QED) is 0.530. The number of imide groups is 1. The lowest BCUT2D eigenvalue weighted by Gasteiger charge is -2.23. The Kier molecular flexibility index (Phi) is 6.19. The second-order valence-electron chi connectivity index (χ2n) is 7.73. The molecular formula is C21H25N3O6. The van der Waals surface area contributed by atoms with E-state index in [9.17, 15) is 24.0 Å². The zero-order valence-corrected chi connectivity index (χ0v) is 16.9. The molecule has 1 saturated heterocycles. The van der Waals surface area contributed by atoms with Crippen LogP contribution >= 0.6 is 0 Å². The summed E-state index contributed by atoms with van der Waals surface area (Å²) < 4.78 is 5.20. The third-order valence-corrected chi connectivity index (χ3v) is 5.70. The minimum Gasteiger partial charge on any atom is -0.451 e. The number of benzene rings is 1. The standard InChI is InChI=1S/C21H25N3O6/c1-11(24-19(27)15-5-3-4-6-16(15)20(24)28)21(29)30-12(2)18(26)23-14-9-7-13(8-10-14)17(22)25/h7-12,15-16H,3-6H2,1-2H3,(H2,22,25)(H,23,26)/t11-,12-,15-,16+/m0/s1. The lowest BCUT2D eigenvalue weighted by Crippen LogP contribution is -2.46. The summed E-state index contributed by atoms with van der Waals surface area (Å²) in [6, 6.07) is 4.82. The van der Waals surface area contributed by atoms with E-state index >= 15 is 0 Å². The van der Waals surface area contributed by atoms with Crippen LogP contribution in [0.4, 0.5) is 5.69 Å². The van der Waals surface area contributed by atoms with Crippen LogP contribution in [0.3, 0.4) is 0 Å². The normalized spacial score (nSPS) is 22.8. The Morgan fingerprint density at radius 1 is 1.03 bits per heavy atom. The number of esters is 1. The van der Waals surface area contributed by atoms with Crippen molar-refractivity contribution in [3.8, 4) is 0 Å². The number of hydrogen-bond donors (Lipinski definition) is 2. The number of amides is 4. The largest absolute Gasteiger partial charge is 0.451 e. The molecule has 2 fully saturated rings. The molecule has 1 aromatic rings. The number of anilines is 1. The van der Waals surface area contributed by atoms with E-state index < -0.39 is 29.9 Å². The van der Waals surface area contributed by atoms with Crippen LogP contribution in [0.2, 0.25) is 0 Å². The van der Waals surface area contributed by atoms with Gasteiger partial charge in [-0.05, 0) is 51.0 Å². The fraction of sp³-hybridized carbons (Fsp3) is 0.476. The molecule has 1 aliphatic heterocycles. The number of rotatable bonds is 6. The number of nitrogens with two attached hydrogens (primary N) is 1. The Morgan fingerprint density at radius 2 is 1.57 bits per heavy atom. The van der Waals surface area contributed by atoms with Gasteiger partial charge in [0.2, 0.25) is 17.7 Å². The van der Waals surface area contributed by atoms with E-state index in [0.29, 0.717) is 24.1 Å². The smallest absolute Gasteiger partial charge is 0.329 e. The number of nitrogens with one attached hydrogen (secondary N) is 1. The highest BCUT2D eigenvalue weighted by Crippen LogP contribution is 2.38. The van der Waals surface area contributed by atoms with Gasteiger partial charge in [0.15, 0.2) is 6.10 Å². The van der Waals surface area contributed by atoms with Gasteiger partial charge in [-0.3, -0.25) is 24.1 Å². The first-order chi connectivity index (χ1) is 14.2. The molecule has 1 aliphatic carbocycles. The van der Waals surface area contributed by atoms with Crippen LogP contribution in [-0.2, 0) is 23.9 Å². The van der Waals surface area contributed by atoms with Crippen molar-refractivity contribution in [2.45, 2.75) is 51.7 Å². The van der Waals surface area contributed by atoms with Gasteiger partial charge in [-0.25, -0.2) is 4.79 Å². The zero-order valence-electron chi connectivity index (χ0n) is 16.9. The Hall–Kier alpha value is -3.23. The fourth-order valence-electron chi connectivity index (χ4n) is 3.96. The molecule has 2 aliphatic rings. The first-order valence-corrected chi connectivity index (χ1v) is 9.99. The molecule has 0 unspecified atom stereocenters. The molecule has 1 heterocycles. The third kappa shape index (κ3) is 4.19. The van der Waals surface area contributed by atoms with E-state index in [1.54, 1.807) is 0 Å². The van der Waals surface area contributed by atoms with E-state index in [2.05, 4.69) is 5.32 Å². The van der Waals surface area contributed by atoms with Gasteiger partial charge in [0.1, 0.15) is 6.04 Å². The van der Waals surface area contributed by atoms with E-state index in [-0.39, 0.29) is 23.7 Å². The maximum absolute atomic E-state index is 12.6. The Morgan fingerprint density at radius 3 is 2.07 bits per heavy atom. The van der Waals surface area contributed by atoms with Crippen molar-refractivity contribution in [3.63, 3.8) is 0 Å². The molecule has 3 N–H and O–H groups in total. The van der Waals surface area contributed by atoms with Crippen molar-refractivity contribution in [2.24, 2.45) is 17.6 Å². The fourth-order valence-corrected chi connectivity index (χ4v) is 3.96. The minimum atomic E-state index is -1.15. The summed E-state index contributed by atoms with van der Waals surface area (Å²) in [5, 5.41) is 2.56. The van der Waals surface area contributed by atoms with Crippen molar-refractivity contribution < 1.29 is 28.7 Å². The van der Waals surface area contributed by atoms with Crippen molar-refractivity contribution in [1.82, 2.24) is 4.90 Å². The summed E-state index contributed by atoms with van der Waals surface area (Å²) in [6.45, 7) is 2.83. The zero-order chi connectivity index (χ0) is 22.0. The molecular weight excluding hydrogens is 390 g/mol. The van der Waals surface area contributed by atoms with Crippen molar-refractivity contribution in [1.29, 1.82) is 0 Å². The lowest BCUT2D eigenvalue weighted by atomic mass is 9.81. The van der Waals surface area contributed by atoms with Gasteiger partial charge in [0.25, 0.3) is 5.91 Å². The number of fused-ring (bicyclic) bond motifs is 1. The molecule has 30 heavy (non-hydrogen) atoms. The number of nitrogens with zero attached hydrogens (tertiary/aromatic N) is 1. The summed E-state index contributed by atoms with van der Waals surface area (Å²) in [6.07, 6.45) is 1.95. The van der Waals surface area contributed by atoms with Gasteiger partial charge >= 0.3 is 5.97 Å². The van der Waals surface area contributed by atoms with Crippen LogP contribution in [0.25, 0.3) is 0 Å². The Labute approximate surface area is 173 Å². The summed E-state index contributed by atoms with van der Waals surface area (Å²) in [4.78, 5) is 62.2. The highest BCUT2D eigenvalue weighted by atomic mass is 16.5. The van der Waals surface area contributed by atoms with Crippen molar-refractivity contribution in [3.05, 3.63) is 29.8 Å². The molecule has 4 amide bonds. The summed E-state index contributed by atoms with van der Waals surface area (Å²) in [7, 11) is 0. The maximum Gasteiger partial charge on any atom is 0.329 e. The van der Waals surface area contributed by atoms with Gasteiger partial charge in [0, 0.05) is 11.3 Å². The average Bonchev–Trinajstić information content (AvgIpc) is 2.98. The van der Waals surface area contributed by atoms with Crippen LogP contribution in [0.1, 0.15) is 49.9 Å². The van der Waals surface area contributed by atoms with Crippen LogP contribution in [-0.4, -0.2) is 46.6 Å². The molecule has 1 aromatic carbocycles. The van der Waals surface area contributed by atoms with Crippen LogP contribution < -0.4 is 11.1 Å². The number of likely N-dealkylation sites (tertiary alicyclic amines) is 1. The minimum absolute atomic E-state index is 0.293. The van der Waals surface area contributed by atoms with Crippen molar-refractivity contribution in [2.75, 3.05) is 5.32 Å². The highest BCUT2D eigenvalue weighted by molar-refractivity contribution is 6.08. The molecule has 0 aromatic heterocycles. The molecule has 0 spiro atoms. The van der Waals surface area contributed by atoms with Gasteiger partial charge in [-0.15, -0.1) is 0 Å². The molecule has 4 atom stereocenters. The monoisotopic (exact) mass is 415 g/mol. The summed E-state index contributed by atoms with van der Waals surface area (Å²) in [5.74, 6) is -3.37. The Bertz CT molecular complexity index is 857. The van der Waals surface area contributed by atoms with E-state index in [0.717, 1.165) is 17.7 Å². The predicted octanol–water partition coefficient (Wildman–Crippen LogP) is 1.22. The van der Waals surface area contributed by atoms with Crippen LogP contribution in [0.5, 0.6) is 0 Å². The molecule has 9 nitrogen and oxygen atoms in total. The molecule has 0 bridgehead atoms. The van der Waals surface area contributed by atoms with E-state index in [1.165, 1.54) is 38.1 Å². The first kappa shape index (κ1) is 21.5. The van der Waals surface area contributed by atoms with Crippen molar-refractivity contribution >= 4 is 35.3 Å².